The van der Waals surface area contributed by atoms with Crippen LogP contribution in [0.1, 0.15) is 39.5 Å². The van der Waals surface area contributed by atoms with Crippen LogP contribution in [-0.4, -0.2) is 37.1 Å². The van der Waals surface area contributed by atoms with E-state index in [1.165, 1.54) is 51.9 Å². The molecule has 0 aromatic carbocycles. The van der Waals surface area contributed by atoms with Gasteiger partial charge in [0.1, 0.15) is 0 Å². The first-order valence-corrected chi connectivity index (χ1v) is 6.75. The maximum atomic E-state index is 3.66. The molecule has 2 fully saturated rings. The smallest absolute Gasteiger partial charge is 0.0221 e. The van der Waals surface area contributed by atoms with E-state index in [9.17, 15) is 0 Å². The average Bonchev–Trinajstić information content (AvgIpc) is 3.09. The van der Waals surface area contributed by atoms with Gasteiger partial charge in [-0.15, -0.1) is 0 Å². The first-order chi connectivity index (χ1) is 7.29. The molecule has 2 nitrogen and oxygen atoms in total. The van der Waals surface area contributed by atoms with Crippen LogP contribution in [0, 0.1) is 11.8 Å². The molecule has 2 unspecified atom stereocenters. The highest BCUT2D eigenvalue weighted by Gasteiger charge is 2.25. The second-order valence-corrected chi connectivity index (χ2v) is 5.48. The van der Waals surface area contributed by atoms with Gasteiger partial charge in [0, 0.05) is 25.7 Å². The Hall–Kier alpha value is -0.0800. The minimum Gasteiger partial charge on any atom is -0.311 e. The molecule has 2 atom stereocenters. The van der Waals surface area contributed by atoms with E-state index in [0.717, 1.165) is 17.9 Å². The number of nitrogens with one attached hydrogen (secondary N) is 1. The lowest BCUT2D eigenvalue weighted by Crippen LogP contribution is -2.53. The molecule has 0 aromatic rings. The first kappa shape index (κ1) is 11.4. The fourth-order valence-corrected chi connectivity index (χ4v) is 2.48. The molecule has 15 heavy (non-hydrogen) atoms. The quantitative estimate of drug-likeness (QED) is 0.747. The molecule has 0 bridgehead atoms. The molecule has 1 saturated heterocycles. The molecule has 0 aromatic heterocycles. The fourth-order valence-electron chi connectivity index (χ4n) is 2.48. The lowest BCUT2D eigenvalue weighted by Gasteiger charge is -2.36. The number of piperazine rings is 1. The van der Waals surface area contributed by atoms with Crippen LogP contribution in [0.2, 0.25) is 0 Å². The van der Waals surface area contributed by atoms with Crippen molar-refractivity contribution in [2.45, 2.75) is 45.6 Å². The number of rotatable bonds is 5. The fraction of sp³-hybridized carbons (Fsp3) is 1.00. The Labute approximate surface area is 94.4 Å². The van der Waals surface area contributed by atoms with Gasteiger partial charge in [-0.1, -0.05) is 33.1 Å². The summed E-state index contributed by atoms with van der Waals surface area (Å²) in [5, 5.41) is 3.66. The zero-order chi connectivity index (χ0) is 10.7. The molecule has 0 radical (unpaired) electrons. The molecule has 1 N–H and O–H groups in total. The molecule has 1 saturated carbocycles. The summed E-state index contributed by atoms with van der Waals surface area (Å²) in [6.45, 7) is 9.76. The molecule has 0 spiro atoms. The Morgan fingerprint density at radius 1 is 1.40 bits per heavy atom. The van der Waals surface area contributed by atoms with Crippen molar-refractivity contribution >= 4 is 0 Å². The third-order valence-corrected chi connectivity index (χ3v) is 4.17. The normalized spacial score (nSPS) is 30.4. The molecule has 1 aliphatic carbocycles. The lowest BCUT2D eigenvalue weighted by atomic mass is 9.97. The van der Waals surface area contributed by atoms with E-state index < -0.39 is 0 Å². The lowest BCUT2D eigenvalue weighted by molar-refractivity contribution is 0.165. The summed E-state index contributed by atoms with van der Waals surface area (Å²) >= 11 is 0. The molecule has 1 heterocycles. The highest BCUT2D eigenvalue weighted by atomic mass is 15.2. The van der Waals surface area contributed by atoms with Gasteiger partial charge in [0.2, 0.25) is 0 Å². The average molecular weight is 210 g/mol. The van der Waals surface area contributed by atoms with Crippen molar-refractivity contribution in [2.75, 3.05) is 26.2 Å². The molecule has 2 heteroatoms. The number of hydrogen-bond acceptors (Lipinski definition) is 2. The highest BCUT2D eigenvalue weighted by molar-refractivity contribution is 4.83. The molecule has 0 amide bonds. The Balaban J connectivity index is 1.70. The van der Waals surface area contributed by atoms with Crippen LogP contribution >= 0.6 is 0 Å². The van der Waals surface area contributed by atoms with Gasteiger partial charge in [0.15, 0.2) is 0 Å². The molecule has 88 valence electrons. The Kier molecular flexibility index (Phi) is 4.04. The predicted molar refractivity (Wildman–Crippen MR) is 65.0 cm³/mol. The molecule has 2 rings (SSSR count). The van der Waals surface area contributed by atoms with Gasteiger partial charge in [-0.25, -0.2) is 0 Å². The standard InChI is InChI=1S/C13H26N2/c1-3-11(2)13-10-15(9-7-14-13)8-6-12-4-5-12/h11-14H,3-10H2,1-2H3. The van der Waals surface area contributed by atoms with E-state index in [1.54, 1.807) is 0 Å². The van der Waals surface area contributed by atoms with E-state index in [1.807, 2.05) is 0 Å². The van der Waals surface area contributed by atoms with Crippen LogP contribution in [0.15, 0.2) is 0 Å². The summed E-state index contributed by atoms with van der Waals surface area (Å²) < 4.78 is 0. The SMILES string of the molecule is CCC(C)C1CN(CCC2CC2)CCN1. The van der Waals surface area contributed by atoms with Crippen molar-refractivity contribution in [2.24, 2.45) is 11.8 Å². The Morgan fingerprint density at radius 3 is 2.87 bits per heavy atom. The van der Waals surface area contributed by atoms with Crippen LogP contribution in [0.25, 0.3) is 0 Å². The Bertz CT molecular complexity index is 189. The van der Waals surface area contributed by atoms with Gasteiger partial charge >= 0.3 is 0 Å². The van der Waals surface area contributed by atoms with Crippen molar-refractivity contribution in [1.29, 1.82) is 0 Å². The number of hydrogen-bond donors (Lipinski definition) is 1. The van der Waals surface area contributed by atoms with E-state index in [4.69, 9.17) is 0 Å². The maximum Gasteiger partial charge on any atom is 0.0221 e. The van der Waals surface area contributed by atoms with Gasteiger partial charge in [-0.2, -0.15) is 0 Å². The molecule has 1 aliphatic heterocycles. The van der Waals surface area contributed by atoms with Crippen molar-refractivity contribution < 1.29 is 0 Å². The van der Waals surface area contributed by atoms with Crippen LogP contribution in [-0.2, 0) is 0 Å². The van der Waals surface area contributed by atoms with Crippen LogP contribution in [0.5, 0.6) is 0 Å². The third kappa shape index (κ3) is 3.46. The van der Waals surface area contributed by atoms with Gasteiger partial charge < -0.3 is 10.2 Å². The third-order valence-electron chi connectivity index (χ3n) is 4.17. The largest absolute Gasteiger partial charge is 0.311 e. The van der Waals surface area contributed by atoms with Gasteiger partial charge in [0.25, 0.3) is 0 Å². The van der Waals surface area contributed by atoms with E-state index in [0.29, 0.717) is 0 Å². The van der Waals surface area contributed by atoms with Crippen LogP contribution < -0.4 is 5.32 Å². The van der Waals surface area contributed by atoms with Crippen LogP contribution in [0.3, 0.4) is 0 Å². The van der Waals surface area contributed by atoms with E-state index >= 15 is 0 Å². The summed E-state index contributed by atoms with van der Waals surface area (Å²) in [5.74, 6) is 1.91. The van der Waals surface area contributed by atoms with E-state index in [-0.39, 0.29) is 0 Å². The summed E-state index contributed by atoms with van der Waals surface area (Å²) in [7, 11) is 0. The predicted octanol–water partition coefficient (Wildman–Crippen LogP) is 2.11. The van der Waals surface area contributed by atoms with Crippen molar-refractivity contribution in [1.82, 2.24) is 10.2 Å². The molecular formula is C13H26N2. The highest BCUT2D eigenvalue weighted by Crippen LogP contribution is 2.32. The first-order valence-electron chi connectivity index (χ1n) is 6.75. The van der Waals surface area contributed by atoms with Gasteiger partial charge in [-0.3, -0.25) is 0 Å². The van der Waals surface area contributed by atoms with Crippen LogP contribution in [0.4, 0.5) is 0 Å². The maximum absolute atomic E-state index is 3.66. The summed E-state index contributed by atoms with van der Waals surface area (Å²) in [6, 6.07) is 0.739. The Morgan fingerprint density at radius 2 is 2.20 bits per heavy atom. The second kappa shape index (κ2) is 5.31. The minimum absolute atomic E-state index is 0.739. The van der Waals surface area contributed by atoms with Crippen molar-refractivity contribution in [3.63, 3.8) is 0 Å². The molecule has 2 aliphatic rings. The number of nitrogens with zero attached hydrogens (tertiary/aromatic N) is 1. The minimum atomic E-state index is 0.739. The summed E-state index contributed by atoms with van der Waals surface area (Å²) in [6.07, 6.45) is 5.75. The van der Waals surface area contributed by atoms with E-state index in [2.05, 4.69) is 24.1 Å². The van der Waals surface area contributed by atoms with Gasteiger partial charge in [0.05, 0.1) is 0 Å². The zero-order valence-corrected chi connectivity index (χ0v) is 10.3. The zero-order valence-electron chi connectivity index (χ0n) is 10.3. The second-order valence-electron chi connectivity index (χ2n) is 5.48. The summed E-state index contributed by atoms with van der Waals surface area (Å²) in [4.78, 5) is 2.67. The monoisotopic (exact) mass is 210 g/mol. The topological polar surface area (TPSA) is 15.3 Å². The van der Waals surface area contributed by atoms with Crippen molar-refractivity contribution in [3.8, 4) is 0 Å². The summed E-state index contributed by atoms with van der Waals surface area (Å²) in [5.41, 5.74) is 0. The molecular weight excluding hydrogens is 184 g/mol. The van der Waals surface area contributed by atoms with Crippen molar-refractivity contribution in [3.05, 3.63) is 0 Å². The van der Waals surface area contributed by atoms with Gasteiger partial charge in [-0.05, 0) is 24.8 Å².